The van der Waals surface area contributed by atoms with Crippen LogP contribution >= 0.6 is 0 Å². The van der Waals surface area contributed by atoms with Gasteiger partial charge in [0.1, 0.15) is 0 Å². The van der Waals surface area contributed by atoms with Crippen LogP contribution in [-0.4, -0.2) is 38.3 Å². The second-order valence-corrected chi connectivity index (χ2v) is 10.1. The van der Waals surface area contributed by atoms with Crippen molar-refractivity contribution in [2.75, 3.05) is 33.4 Å². The fraction of sp³-hybridized carbons (Fsp3) is 0.586. The predicted octanol–water partition coefficient (Wildman–Crippen LogP) is 6.08. The second kappa shape index (κ2) is 10.5. The van der Waals surface area contributed by atoms with Gasteiger partial charge in [0.05, 0.1) is 13.2 Å². The number of hydrogen-bond acceptors (Lipinski definition) is 3. The summed E-state index contributed by atoms with van der Waals surface area (Å²) in [6.45, 7) is 8.29. The molecule has 1 aliphatic heterocycles. The minimum absolute atomic E-state index is 0.272. The summed E-state index contributed by atoms with van der Waals surface area (Å²) in [7, 11) is 2.09. The molecule has 32 heavy (non-hydrogen) atoms. The third-order valence-electron chi connectivity index (χ3n) is 8.18. The Labute approximate surface area is 195 Å². The predicted molar refractivity (Wildman–Crippen MR) is 134 cm³/mol. The van der Waals surface area contributed by atoms with Crippen molar-refractivity contribution >= 4 is 0 Å². The summed E-state index contributed by atoms with van der Waals surface area (Å²) < 4.78 is 5.52. The van der Waals surface area contributed by atoms with E-state index in [0.29, 0.717) is 5.54 Å². The van der Waals surface area contributed by atoms with Gasteiger partial charge in [-0.3, -0.25) is 4.90 Å². The van der Waals surface area contributed by atoms with Crippen molar-refractivity contribution in [2.45, 2.75) is 76.3 Å². The zero-order valence-electron chi connectivity index (χ0n) is 20.5. The zero-order valence-corrected chi connectivity index (χ0v) is 20.5. The molecule has 0 amide bonds. The lowest BCUT2D eigenvalue weighted by Gasteiger charge is -2.44. The SMILES string of the molecule is CNC1(c2ccc(C)cc2)CCCC1.Cc1ccc(C2(N3CCOCC3)CCCC2)cc1. The first kappa shape index (κ1) is 23.5. The van der Waals surface area contributed by atoms with Crippen LogP contribution in [-0.2, 0) is 15.8 Å². The minimum atomic E-state index is 0.272. The van der Waals surface area contributed by atoms with Gasteiger partial charge in [0.2, 0.25) is 0 Å². The van der Waals surface area contributed by atoms with Crippen LogP contribution in [0.5, 0.6) is 0 Å². The van der Waals surface area contributed by atoms with Gasteiger partial charge in [0.15, 0.2) is 0 Å². The lowest BCUT2D eigenvalue weighted by molar-refractivity contribution is -0.0231. The standard InChI is InChI=1S/C16H23NO.C13H19N/c1-14-4-6-15(7-5-14)16(8-2-3-9-16)17-10-12-18-13-11-17;1-11-5-7-12(8-6-11)13(14-2)9-3-4-10-13/h4-7H,2-3,8-13H2,1H3;5-8,14H,3-4,9-10H2,1-2H3. The molecule has 2 aromatic carbocycles. The van der Waals surface area contributed by atoms with Crippen molar-refractivity contribution < 1.29 is 4.74 Å². The molecular weight excluding hydrogens is 392 g/mol. The fourth-order valence-electron chi connectivity index (χ4n) is 6.14. The van der Waals surface area contributed by atoms with Gasteiger partial charge in [-0.1, -0.05) is 85.3 Å². The van der Waals surface area contributed by atoms with E-state index in [1.807, 2.05) is 0 Å². The maximum atomic E-state index is 5.52. The van der Waals surface area contributed by atoms with Gasteiger partial charge in [-0.05, 0) is 57.7 Å². The fourth-order valence-corrected chi connectivity index (χ4v) is 6.14. The number of ether oxygens (including phenoxy) is 1. The van der Waals surface area contributed by atoms with E-state index >= 15 is 0 Å². The van der Waals surface area contributed by atoms with Gasteiger partial charge in [-0.15, -0.1) is 0 Å². The molecule has 1 N–H and O–H groups in total. The van der Waals surface area contributed by atoms with Crippen LogP contribution in [0.3, 0.4) is 0 Å². The molecule has 0 atom stereocenters. The van der Waals surface area contributed by atoms with Crippen molar-refractivity contribution in [1.29, 1.82) is 0 Å². The summed E-state index contributed by atoms with van der Waals surface area (Å²) >= 11 is 0. The molecule has 1 saturated heterocycles. The first-order chi connectivity index (χ1) is 15.6. The molecule has 2 saturated carbocycles. The van der Waals surface area contributed by atoms with Crippen molar-refractivity contribution in [2.24, 2.45) is 0 Å². The van der Waals surface area contributed by atoms with Gasteiger partial charge in [-0.2, -0.15) is 0 Å². The Morgan fingerprint density at radius 3 is 1.66 bits per heavy atom. The second-order valence-electron chi connectivity index (χ2n) is 10.1. The van der Waals surface area contributed by atoms with E-state index in [9.17, 15) is 0 Å². The van der Waals surface area contributed by atoms with Gasteiger partial charge in [-0.25, -0.2) is 0 Å². The molecule has 0 radical (unpaired) electrons. The van der Waals surface area contributed by atoms with Crippen molar-refractivity contribution in [3.05, 3.63) is 70.8 Å². The molecule has 1 heterocycles. The molecule has 3 fully saturated rings. The number of morpholine rings is 1. The van der Waals surface area contributed by atoms with Crippen LogP contribution in [0.1, 0.15) is 73.6 Å². The summed E-state index contributed by atoms with van der Waals surface area (Å²) in [6, 6.07) is 18.2. The summed E-state index contributed by atoms with van der Waals surface area (Å²) in [5.74, 6) is 0. The molecule has 0 spiro atoms. The normalized spacial score (nSPS) is 22.3. The Kier molecular flexibility index (Phi) is 7.70. The highest BCUT2D eigenvalue weighted by molar-refractivity contribution is 5.30. The van der Waals surface area contributed by atoms with Gasteiger partial charge in [0, 0.05) is 24.2 Å². The van der Waals surface area contributed by atoms with Crippen LogP contribution < -0.4 is 5.32 Å². The van der Waals surface area contributed by atoms with E-state index in [-0.39, 0.29) is 5.54 Å². The number of nitrogens with one attached hydrogen (secondary N) is 1. The first-order valence-electron chi connectivity index (χ1n) is 12.7. The van der Waals surface area contributed by atoms with Crippen molar-refractivity contribution in [3.63, 3.8) is 0 Å². The molecule has 3 aliphatic rings. The van der Waals surface area contributed by atoms with Crippen LogP contribution in [0.2, 0.25) is 0 Å². The van der Waals surface area contributed by atoms with Crippen molar-refractivity contribution in [1.82, 2.24) is 10.2 Å². The molecular formula is C29H42N2O. The summed E-state index contributed by atoms with van der Waals surface area (Å²) in [5, 5.41) is 3.51. The smallest absolute Gasteiger partial charge is 0.0594 e. The highest BCUT2D eigenvalue weighted by Gasteiger charge is 2.41. The average Bonchev–Trinajstić information content (AvgIpc) is 3.53. The van der Waals surface area contributed by atoms with E-state index in [4.69, 9.17) is 4.74 Å². The quantitative estimate of drug-likeness (QED) is 0.631. The Hall–Kier alpha value is -1.68. The third-order valence-corrected chi connectivity index (χ3v) is 8.18. The number of benzene rings is 2. The van der Waals surface area contributed by atoms with Gasteiger partial charge >= 0.3 is 0 Å². The topological polar surface area (TPSA) is 24.5 Å². The Bertz CT molecular complexity index is 824. The molecule has 0 aromatic heterocycles. The molecule has 2 aromatic rings. The molecule has 174 valence electrons. The highest BCUT2D eigenvalue weighted by Crippen LogP contribution is 2.44. The maximum Gasteiger partial charge on any atom is 0.0594 e. The number of aryl methyl sites for hydroxylation is 2. The molecule has 3 nitrogen and oxygen atoms in total. The highest BCUT2D eigenvalue weighted by atomic mass is 16.5. The van der Waals surface area contributed by atoms with Crippen LogP contribution in [0, 0.1) is 13.8 Å². The zero-order chi connectivity index (χ0) is 22.4. The lowest BCUT2D eigenvalue weighted by atomic mass is 9.85. The Balaban J connectivity index is 0.000000158. The van der Waals surface area contributed by atoms with E-state index in [1.165, 1.54) is 73.6 Å². The monoisotopic (exact) mass is 434 g/mol. The van der Waals surface area contributed by atoms with Gasteiger partial charge in [0.25, 0.3) is 0 Å². The van der Waals surface area contributed by atoms with E-state index in [2.05, 4.69) is 79.6 Å². The van der Waals surface area contributed by atoms with E-state index in [0.717, 1.165) is 26.3 Å². The minimum Gasteiger partial charge on any atom is -0.379 e. The number of hydrogen-bond donors (Lipinski definition) is 1. The maximum absolute atomic E-state index is 5.52. The van der Waals surface area contributed by atoms with Gasteiger partial charge < -0.3 is 10.1 Å². The molecule has 5 rings (SSSR count). The van der Waals surface area contributed by atoms with Crippen LogP contribution in [0.15, 0.2) is 48.5 Å². The van der Waals surface area contributed by atoms with E-state index < -0.39 is 0 Å². The summed E-state index contributed by atoms with van der Waals surface area (Å²) in [6.07, 6.45) is 10.6. The molecule has 3 heteroatoms. The van der Waals surface area contributed by atoms with Crippen molar-refractivity contribution in [3.8, 4) is 0 Å². The Morgan fingerprint density at radius 1 is 0.688 bits per heavy atom. The average molecular weight is 435 g/mol. The first-order valence-corrected chi connectivity index (χ1v) is 12.7. The lowest BCUT2D eigenvalue weighted by Crippen LogP contribution is -2.49. The summed E-state index contributed by atoms with van der Waals surface area (Å²) in [5.41, 5.74) is 6.26. The molecule has 0 bridgehead atoms. The third kappa shape index (κ3) is 4.95. The van der Waals surface area contributed by atoms with Crippen LogP contribution in [0.4, 0.5) is 0 Å². The van der Waals surface area contributed by atoms with E-state index in [1.54, 1.807) is 0 Å². The van der Waals surface area contributed by atoms with Crippen LogP contribution in [0.25, 0.3) is 0 Å². The summed E-state index contributed by atoms with van der Waals surface area (Å²) in [4.78, 5) is 2.67. The Morgan fingerprint density at radius 2 is 1.16 bits per heavy atom. The molecule has 0 unspecified atom stereocenters. The molecule has 2 aliphatic carbocycles. The number of rotatable bonds is 4. The largest absolute Gasteiger partial charge is 0.379 e. The number of nitrogens with zero attached hydrogens (tertiary/aromatic N) is 1.